The fraction of sp³-hybridized carbons (Fsp3) is 0.500. The summed E-state index contributed by atoms with van der Waals surface area (Å²) in [6.45, 7) is 0.602. The molecule has 0 aromatic heterocycles. The van der Waals surface area contributed by atoms with Gasteiger partial charge in [-0.25, -0.2) is 4.39 Å². The minimum absolute atomic E-state index is 0.00926. The lowest BCUT2D eigenvalue weighted by molar-refractivity contribution is 0.355. The standard InChI is InChI=1S/C12H16BrFN2/c1-16-11(12(7-15)4-5-12)9-6-8(13)2-3-10(9)14/h2-3,6,11,16H,4-5,7,15H2,1H3. The van der Waals surface area contributed by atoms with E-state index >= 15 is 0 Å². The molecule has 1 aromatic rings. The van der Waals surface area contributed by atoms with Crippen LogP contribution in [0.1, 0.15) is 24.4 Å². The van der Waals surface area contributed by atoms with Crippen molar-refractivity contribution in [1.29, 1.82) is 0 Å². The van der Waals surface area contributed by atoms with Crippen molar-refractivity contribution >= 4 is 15.9 Å². The summed E-state index contributed by atoms with van der Waals surface area (Å²) >= 11 is 3.38. The van der Waals surface area contributed by atoms with Crippen LogP contribution in [0.25, 0.3) is 0 Å². The van der Waals surface area contributed by atoms with Crippen LogP contribution in [-0.4, -0.2) is 13.6 Å². The van der Waals surface area contributed by atoms with Crippen molar-refractivity contribution in [2.75, 3.05) is 13.6 Å². The van der Waals surface area contributed by atoms with Gasteiger partial charge in [0, 0.05) is 21.5 Å². The lowest BCUT2D eigenvalue weighted by Gasteiger charge is -2.26. The summed E-state index contributed by atoms with van der Waals surface area (Å²) in [6, 6.07) is 5.06. The zero-order valence-corrected chi connectivity index (χ0v) is 10.8. The van der Waals surface area contributed by atoms with Gasteiger partial charge in [-0.3, -0.25) is 0 Å². The number of rotatable bonds is 4. The van der Waals surface area contributed by atoms with Crippen LogP contribution < -0.4 is 11.1 Å². The van der Waals surface area contributed by atoms with E-state index < -0.39 is 0 Å². The Bertz CT molecular complexity index is 391. The van der Waals surface area contributed by atoms with Crippen LogP contribution in [0.3, 0.4) is 0 Å². The quantitative estimate of drug-likeness (QED) is 0.893. The highest BCUT2D eigenvalue weighted by Gasteiger charge is 2.48. The van der Waals surface area contributed by atoms with E-state index in [1.54, 1.807) is 6.07 Å². The second-order valence-corrected chi connectivity index (χ2v) is 5.37. The average Bonchev–Trinajstić information content (AvgIpc) is 3.05. The number of halogens is 2. The highest BCUT2D eigenvalue weighted by atomic mass is 79.9. The van der Waals surface area contributed by atoms with Gasteiger partial charge in [-0.1, -0.05) is 15.9 Å². The van der Waals surface area contributed by atoms with Crippen LogP contribution in [0.5, 0.6) is 0 Å². The molecule has 16 heavy (non-hydrogen) atoms. The molecule has 0 heterocycles. The Morgan fingerprint density at radius 2 is 2.25 bits per heavy atom. The van der Waals surface area contributed by atoms with Crippen molar-refractivity contribution < 1.29 is 4.39 Å². The van der Waals surface area contributed by atoms with Gasteiger partial charge >= 0.3 is 0 Å². The first kappa shape index (κ1) is 12.0. The molecule has 0 aliphatic heterocycles. The summed E-state index contributed by atoms with van der Waals surface area (Å²) in [4.78, 5) is 0. The summed E-state index contributed by atoms with van der Waals surface area (Å²) in [6.07, 6.45) is 2.14. The van der Waals surface area contributed by atoms with Crippen molar-refractivity contribution in [1.82, 2.24) is 5.32 Å². The Morgan fingerprint density at radius 3 is 2.75 bits per heavy atom. The SMILES string of the molecule is CNC(c1cc(Br)ccc1F)C1(CN)CC1. The first-order chi connectivity index (χ1) is 7.63. The molecular weight excluding hydrogens is 271 g/mol. The molecule has 0 bridgehead atoms. The molecule has 1 saturated carbocycles. The van der Waals surface area contributed by atoms with E-state index in [-0.39, 0.29) is 17.3 Å². The molecule has 2 nitrogen and oxygen atoms in total. The predicted octanol–water partition coefficient (Wildman–Crippen LogP) is 2.59. The van der Waals surface area contributed by atoms with Gasteiger partial charge in [-0.05, 0) is 44.6 Å². The van der Waals surface area contributed by atoms with Gasteiger partial charge in [-0.2, -0.15) is 0 Å². The van der Waals surface area contributed by atoms with Gasteiger partial charge in [0.15, 0.2) is 0 Å². The molecule has 1 unspecified atom stereocenters. The lowest BCUT2D eigenvalue weighted by Crippen LogP contribution is -2.32. The number of benzene rings is 1. The maximum Gasteiger partial charge on any atom is 0.128 e. The highest BCUT2D eigenvalue weighted by Crippen LogP contribution is 2.54. The van der Waals surface area contributed by atoms with Crippen molar-refractivity contribution in [3.63, 3.8) is 0 Å². The average molecular weight is 287 g/mol. The molecule has 1 aliphatic carbocycles. The molecule has 0 saturated heterocycles. The lowest BCUT2D eigenvalue weighted by atomic mass is 9.90. The Balaban J connectivity index is 2.37. The summed E-state index contributed by atoms with van der Waals surface area (Å²) < 4.78 is 14.7. The monoisotopic (exact) mass is 286 g/mol. The maximum atomic E-state index is 13.8. The zero-order valence-electron chi connectivity index (χ0n) is 9.26. The number of hydrogen-bond acceptors (Lipinski definition) is 2. The normalized spacial score (nSPS) is 19.5. The van der Waals surface area contributed by atoms with Crippen molar-refractivity contribution in [3.05, 3.63) is 34.1 Å². The molecule has 1 atom stereocenters. The smallest absolute Gasteiger partial charge is 0.128 e. The minimum Gasteiger partial charge on any atom is -0.330 e. The molecule has 2 rings (SSSR count). The molecule has 4 heteroatoms. The summed E-state index contributed by atoms with van der Waals surface area (Å²) in [7, 11) is 1.86. The van der Waals surface area contributed by atoms with Gasteiger partial charge in [0.2, 0.25) is 0 Å². The molecule has 0 amide bonds. The number of hydrogen-bond donors (Lipinski definition) is 2. The van der Waals surface area contributed by atoms with E-state index in [4.69, 9.17) is 5.73 Å². The van der Waals surface area contributed by atoms with E-state index in [2.05, 4.69) is 21.2 Å². The first-order valence-electron chi connectivity index (χ1n) is 5.45. The number of nitrogens with one attached hydrogen (secondary N) is 1. The third kappa shape index (κ3) is 2.01. The third-order valence-corrected chi connectivity index (χ3v) is 3.96. The van der Waals surface area contributed by atoms with E-state index in [1.165, 1.54) is 6.07 Å². The molecule has 1 aliphatic rings. The highest BCUT2D eigenvalue weighted by molar-refractivity contribution is 9.10. The topological polar surface area (TPSA) is 38.0 Å². The largest absolute Gasteiger partial charge is 0.330 e. The summed E-state index contributed by atoms with van der Waals surface area (Å²) in [5.74, 6) is -0.165. The first-order valence-corrected chi connectivity index (χ1v) is 6.24. The molecule has 1 aromatic carbocycles. The second-order valence-electron chi connectivity index (χ2n) is 4.45. The molecule has 3 N–H and O–H groups in total. The fourth-order valence-electron chi connectivity index (χ4n) is 2.30. The molecule has 88 valence electrons. The Morgan fingerprint density at radius 1 is 1.56 bits per heavy atom. The van der Waals surface area contributed by atoms with Crippen LogP contribution >= 0.6 is 15.9 Å². The van der Waals surface area contributed by atoms with Crippen LogP contribution in [0.4, 0.5) is 4.39 Å². The van der Waals surface area contributed by atoms with Crippen molar-refractivity contribution in [2.24, 2.45) is 11.1 Å². The van der Waals surface area contributed by atoms with Crippen LogP contribution in [0.2, 0.25) is 0 Å². The Kier molecular flexibility index (Phi) is 3.33. The van der Waals surface area contributed by atoms with Gasteiger partial charge in [0.05, 0.1) is 0 Å². The van der Waals surface area contributed by atoms with Gasteiger partial charge in [0.25, 0.3) is 0 Å². The van der Waals surface area contributed by atoms with Crippen LogP contribution in [-0.2, 0) is 0 Å². The molecule has 0 radical (unpaired) electrons. The maximum absolute atomic E-state index is 13.8. The summed E-state index contributed by atoms with van der Waals surface area (Å²) in [5, 5.41) is 3.20. The van der Waals surface area contributed by atoms with E-state index in [9.17, 15) is 4.39 Å². The van der Waals surface area contributed by atoms with Gasteiger partial charge < -0.3 is 11.1 Å². The Labute approximate surface area is 104 Å². The third-order valence-electron chi connectivity index (χ3n) is 3.47. The van der Waals surface area contributed by atoms with Crippen LogP contribution in [0, 0.1) is 11.2 Å². The fourth-order valence-corrected chi connectivity index (χ4v) is 2.68. The van der Waals surface area contributed by atoms with Crippen molar-refractivity contribution in [3.8, 4) is 0 Å². The van der Waals surface area contributed by atoms with E-state index in [1.807, 2.05) is 13.1 Å². The summed E-state index contributed by atoms with van der Waals surface area (Å²) in [5.41, 5.74) is 6.56. The van der Waals surface area contributed by atoms with E-state index in [0.29, 0.717) is 12.1 Å². The van der Waals surface area contributed by atoms with E-state index in [0.717, 1.165) is 17.3 Å². The minimum atomic E-state index is -0.165. The Hall–Kier alpha value is -0.450. The zero-order chi connectivity index (χ0) is 11.8. The molecule has 1 fully saturated rings. The van der Waals surface area contributed by atoms with Gasteiger partial charge in [-0.15, -0.1) is 0 Å². The number of nitrogens with two attached hydrogens (primary N) is 1. The second kappa shape index (κ2) is 4.43. The van der Waals surface area contributed by atoms with Gasteiger partial charge in [0.1, 0.15) is 5.82 Å². The molecule has 0 spiro atoms. The predicted molar refractivity (Wildman–Crippen MR) is 66.6 cm³/mol. The molecular formula is C12H16BrFN2. The van der Waals surface area contributed by atoms with Crippen molar-refractivity contribution in [2.45, 2.75) is 18.9 Å². The van der Waals surface area contributed by atoms with Crippen LogP contribution in [0.15, 0.2) is 22.7 Å².